The van der Waals surface area contributed by atoms with Gasteiger partial charge in [0.15, 0.2) is 0 Å². The Morgan fingerprint density at radius 2 is 1.85 bits per heavy atom. The van der Waals surface area contributed by atoms with Crippen LogP contribution in [0.5, 0.6) is 0 Å². The molecule has 1 N–H and O–H groups in total. The monoisotopic (exact) mass is 197 g/mol. The van der Waals surface area contributed by atoms with Crippen LogP contribution in [0.15, 0.2) is 29.2 Å². The molecule has 0 heterocycles. The van der Waals surface area contributed by atoms with Gasteiger partial charge in [-0.05, 0) is 24.3 Å². The molecule has 70 valence electrons. The van der Waals surface area contributed by atoms with E-state index >= 15 is 0 Å². The lowest BCUT2D eigenvalue weighted by Gasteiger charge is -2.01. The molecular formula is C9H11NO2S. The molecule has 0 radical (unpaired) electrons. The van der Waals surface area contributed by atoms with Crippen molar-refractivity contribution < 1.29 is 9.00 Å². The Balaban J connectivity index is 2.81. The molecule has 0 saturated heterocycles. The first-order valence-electron chi connectivity index (χ1n) is 3.80. The van der Waals surface area contributed by atoms with Gasteiger partial charge in [0.1, 0.15) is 0 Å². The van der Waals surface area contributed by atoms with Gasteiger partial charge in [0, 0.05) is 34.6 Å². The maximum atomic E-state index is 11.0. The Kier molecular flexibility index (Phi) is 3.19. The number of benzene rings is 1. The Hall–Kier alpha value is -1.16. The van der Waals surface area contributed by atoms with Crippen LogP contribution < -0.4 is 5.32 Å². The number of anilines is 1. The summed E-state index contributed by atoms with van der Waals surface area (Å²) in [5.74, 6) is -0.106. The summed E-state index contributed by atoms with van der Waals surface area (Å²) >= 11 is 0. The maximum Gasteiger partial charge on any atom is 0.221 e. The molecule has 0 unspecified atom stereocenters. The average Bonchev–Trinajstić information content (AvgIpc) is 2.04. The van der Waals surface area contributed by atoms with Gasteiger partial charge in [-0.1, -0.05) is 0 Å². The van der Waals surface area contributed by atoms with E-state index in [1.807, 2.05) is 0 Å². The van der Waals surface area contributed by atoms with Gasteiger partial charge in [-0.15, -0.1) is 0 Å². The van der Waals surface area contributed by atoms with E-state index in [9.17, 15) is 9.00 Å². The predicted molar refractivity (Wildman–Crippen MR) is 53.1 cm³/mol. The maximum absolute atomic E-state index is 11.0. The number of nitrogens with one attached hydrogen (secondary N) is 1. The Bertz CT molecular complexity index is 332. The second kappa shape index (κ2) is 4.18. The highest BCUT2D eigenvalue weighted by Crippen LogP contribution is 2.11. The summed E-state index contributed by atoms with van der Waals surface area (Å²) in [6.45, 7) is 1.45. The quantitative estimate of drug-likeness (QED) is 0.778. The zero-order valence-corrected chi connectivity index (χ0v) is 8.35. The fraction of sp³-hybridized carbons (Fsp3) is 0.222. The molecule has 4 heteroatoms. The lowest BCUT2D eigenvalue weighted by Crippen LogP contribution is -2.05. The third-order valence-corrected chi connectivity index (χ3v) is 2.44. The van der Waals surface area contributed by atoms with E-state index < -0.39 is 10.8 Å². The standard InChI is InChI=1S/C9H11NO2S/c1-7(11)10-8-3-5-9(6-4-8)13(2)12/h3-6H,1-2H3,(H,10,11)/t13-/m0/s1. The number of hydrogen-bond acceptors (Lipinski definition) is 2. The van der Waals surface area contributed by atoms with Gasteiger partial charge in [0.05, 0.1) is 0 Å². The van der Waals surface area contributed by atoms with Gasteiger partial charge in [-0.3, -0.25) is 9.00 Å². The zero-order chi connectivity index (χ0) is 9.84. The molecule has 0 aliphatic rings. The average molecular weight is 197 g/mol. The molecule has 0 saturated carbocycles. The highest BCUT2D eigenvalue weighted by Gasteiger charge is 1.98. The van der Waals surface area contributed by atoms with E-state index in [2.05, 4.69) is 5.32 Å². The summed E-state index contributed by atoms with van der Waals surface area (Å²) in [7, 11) is -0.963. The summed E-state index contributed by atoms with van der Waals surface area (Å²) in [5, 5.41) is 2.63. The molecule has 1 aromatic carbocycles. The first-order valence-corrected chi connectivity index (χ1v) is 5.36. The van der Waals surface area contributed by atoms with Crippen LogP contribution in [0.4, 0.5) is 5.69 Å². The largest absolute Gasteiger partial charge is 0.326 e. The highest BCUT2D eigenvalue weighted by molar-refractivity contribution is 7.84. The van der Waals surface area contributed by atoms with E-state index in [1.54, 1.807) is 30.5 Å². The van der Waals surface area contributed by atoms with Crippen LogP contribution in [0.1, 0.15) is 6.92 Å². The number of amides is 1. The lowest BCUT2D eigenvalue weighted by molar-refractivity contribution is -0.114. The number of rotatable bonds is 2. The number of carbonyl (C=O) groups excluding carboxylic acids is 1. The van der Waals surface area contributed by atoms with Crippen LogP contribution >= 0.6 is 0 Å². The molecule has 1 atom stereocenters. The molecule has 0 bridgehead atoms. The highest BCUT2D eigenvalue weighted by atomic mass is 32.2. The second-order valence-electron chi connectivity index (χ2n) is 2.66. The molecule has 0 fully saturated rings. The number of hydrogen-bond donors (Lipinski definition) is 1. The Labute approximate surface area is 79.6 Å². The van der Waals surface area contributed by atoms with Crippen LogP contribution in [0.25, 0.3) is 0 Å². The summed E-state index contributed by atoms with van der Waals surface area (Å²) in [5.41, 5.74) is 0.724. The molecule has 13 heavy (non-hydrogen) atoms. The minimum Gasteiger partial charge on any atom is -0.326 e. The van der Waals surface area contributed by atoms with Crippen molar-refractivity contribution in [1.29, 1.82) is 0 Å². The molecule has 1 rings (SSSR count). The third kappa shape index (κ3) is 2.99. The van der Waals surface area contributed by atoms with Crippen molar-refractivity contribution in [3.05, 3.63) is 24.3 Å². The van der Waals surface area contributed by atoms with Crippen molar-refractivity contribution in [3.63, 3.8) is 0 Å². The molecule has 0 spiro atoms. The van der Waals surface area contributed by atoms with Crippen molar-refractivity contribution in [2.75, 3.05) is 11.6 Å². The molecular weight excluding hydrogens is 186 g/mol. The molecule has 0 aromatic heterocycles. The molecule has 0 aliphatic heterocycles. The molecule has 1 aromatic rings. The van der Waals surface area contributed by atoms with E-state index in [0.29, 0.717) is 0 Å². The fourth-order valence-corrected chi connectivity index (χ4v) is 1.45. The zero-order valence-electron chi connectivity index (χ0n) is 7.53. The molecule has 1 amide bonds. The van der Waals surface area contributed by atoms with Gasteiger partial charge in [-0.2, -0.15) is 0 Å². The topological polar surface area (TPSA) is 46.2 Å². The van der Waals surface area contributed by atoms with Gasteiger partial charge < -0.3 is 5.32 Å². The van der Waals surface area contributed by atoms with Gasteiger partial charge in [0.2, 0.25) is 5.91 Å². The van der Waals surface area contributed by atoms with Crippen LogP contribution in [0.3, 0.4) is 0 Å². The molecule has 0 aliphatic carbocycles. The van der Waals surface area contributed by atoms with Crippen molar-refractivity contribution >= 4 is 22.4 Å². The van der Waals surface area contributed by atoms with Crippen molar-refractivity contribution in [1.82, 2.24) is 0 Å². The predicted octanol–water partition coefficient (Wildman–Crippen LogP) is 1.38. The summed E-state index contributed by atoms with van der Waals surface area (Å²) in [6.07, 6.45) is 1.62. The van der Waals surface area contributed by atoms with Crippen LogP contribution in [0.2, 0.25) is 0 Å². The van der Waals surface area contributed by atoms with Gasteiger partial charge >= 0.3 is 0 Å². The third-order valence-electron chi connectivity index (χ3n) is 1.51. The van der Waals surface area contributed by atoms with E-state index in [4.69, 9.17) is 0 Å². The fourth-order valence-electron chi connectivity index (χ4n) is 0.933. The van der Waals surface area contributed by atoms with Crippen molar-refractivity contribution in [2.45, 2.75) is 11.8 Å². The number of carbonyl (C=O) groups is 1. The Morgan fingerprint density at radius 3 is 2.23 bits per heavy atom. The minimum atomic E-state index is -0.963. The minimum absolute atomic E-state index is 0.106. The summed E-state index contributed by atoms with van der Waals surface area (Å²) < 4.78 is 11.0. The Morgan fingerprint density at radius 1 is 1.31 bits per heavy atom. The molecule has 3 nitrogen and oxygen atoms in total. The van der Waals surface area contributed by atoms with Crippen LogP contribution in [-0.2, 0) is 15.6 Å². The van der Waals surface area contributed by atoms with E-state index in [-0.39, 0.29) is 5.91 Å². The summed E-state index contributed by atoms with van der Waals surface area (Å²) in [6, 6.07) is 6.94. The van der Waals surface area contributed by atoms with Crippen molar-refractivity contribution in [3.8, 4) is 0 Å². The normalized spacial score (nSPS) is 12.2. The van der Waals surface area contributed by atoms with E-state index in [1.165, 1.54) is 6.92 Å². The first kappa shape index (κ1) is 9.92. The second-order valence-corrected chi connectivity index (χ2v) is 4.04. The van der Waals surface area contributed by atoms with Crippen LogP contribution in [-0.4, -0.2) is 16.4 Å². The summed E-state index contributed by atoms with van der Waals surface area (Å²) in [4.78, 5) is 11.4. The lowest BCUT2D eigenvalue weighted by atomic mass is 10.3. The van der Waals surface area contributed by atoms with Gasteiger partial charge in [-0.25, -0.2) is 0 Å². The first-order chi connectivity index (χ1) is 6.09. The van der Waals surface area contributed by atoms with Gasteiger partial charge in [0.25, 0.3) is 0 Å². The van der Waals surface area contributed by atoms with E-state index in [0.717, 1.165) is 10.6 Å². The SMILES string of the molecule is CC(=O)Nc1ccc([S@](C)=O)cc1. The smallest absolute Gasteiger partial charge is 0.221 e. The van der Waals surface area contributed by atoms with Crippen molar-refractivity contribution in [2.24, 2.45) is 0 Å². The van der Waals surface area contributed by atoms with Crippen LogP contribution in [0, 0.1) is 0 Å².